The van der Waals surface area contributed by atoms with Gasteiger partial charge in [0, 0.05) is 11.3 Å². The van der Waals surface area contributed by atoms with Crippen LogP contribution in [0.4, 0.5) is 13.6 Å². The number of ether oxygens (including phenoxy) is 1. The van der Waals surface area contributed by atoms with Gasteiger partial charge in [0.1, 0.15) is 23.6 Å². The average molecular weight is 415 g/mol. The highest BCUT2D eigenvalue weighted by Crippen LogP contribution is 2.28. The fourth-order valence-corrected chi connectivity index (χ4v) is 3.20. The van der Waals surface area contributed by atoms with Crippen molar-refractivity contribution in [2.75, 3.05) is 6.54 Å². The number of amides is 1. The molecule has 0 saturated carbocycles. The summed E-state index contributed by atoms with van der Waals surface area (Å²) in [6, 6.07) is 1.73. The molecular formula is C18H21ClF2N4O3. The van der Waals surface area contributed by atoms with Gasteiger partial charge in [-0.1, -0.05) is 28.8 Å². The van der Waals surface area contributed by atoms with Gasteiger partial charge in [-0.25, -0.2) is 13.6 Å². The number of hydrogen-bond donors (Lipinski definition) is 0. The number of ketones is 1. The normalized spacial score (nSPS) is 21.9. The van der Waals surface area contributed by atoms with Gasteiger partial charge >= 0.3 is 6.09 Å². The van der Waals surface area contributed by atoms with Crippen LogP contribution >= 0.6 is 11.6 Å². The van der Waals surface area contributed by atoms with Crippen LogP contribution in [0.1, 0.15) is 32.8 Å². The number of halogens is 3. The van der Waals surface area contributed by atoms with Crippen molar-refractivity contribution in [2.45, 2.75) is 57.5 Å². The maximum Gasteiger partial charge on any atom is 0.411 e. The van der Waals surface area contributed by atoms with E-state index in [1.807, 2.05) is 0 Å². The van der Waals surface area contributed by atoms with Gasteiger partial charge in [-0.2, -0.15) is 0 Å². The molecule has 1 heterocycles. The molecular weight excluding hydrogens is 394 g/mol. The molecule has 1 fully saturated rings. The maximum atomic E-state index is 14.4. The molecule has 0 spiro atoms. The molecule has 152 valence electrons. The molecule has 1 aliphatic heterocycles. The van der Waals surface area contributed by atoms with E-state index in [4.69, 9.17) is 21.9 Å². The van der Waals surface area contributed by atoms with E-state index < -0.39 is 48.1 Å². The van der Waals surface area contributed by atoms with E-state index >= 15 is 0 Å². The third-order valence-corrected chi connectivity index (χ3v) is 4.51. The molecule has 0 bridgehead atoms. The Balaban J connectivity index is 2.22. The summed E-state index contributed by atoms with van der Waals surface area (Å²) in [5.41, 5.74) is 8.08. The van der Waals surface area contributed by atoms with E-state index in [0.717, 1.165) is 4.90 Å². The number of carbonyl (C=O) groups excluding carboxylic acids is 2. The number of carbonyl (C=O) groups is 2. The minimum Gasteiger partial charge on any atom is -0.444 e. The first-order valence-electron chi connectivity index (χ1n) is 8.68. The molecule has 0 aromatic heterocycles. The van der Waals surface area contributed by atoms with Crippen LogP contribution in [0.15, 0.2) is 23.3 Å². The number of likely N-dealkylation sites (tertiary alicyclic amines) is 1. The number of azide groups is 1. The molecule has 1 aromatic rings. The number of alkyl halides is 1. The van der Waals surface area contributed by atoms with E-state index in [1.54, 1.807) is 26.8 Å². The first-order valence-corrected chi connectivity index (χ1v) is 9.06. The van der Waals surface area contributed by atoms with Crippen molar-refractivity contribution in [3.63, 3.8) is 0 Å². The molecule has 0 aliphatic carbocycles. The minimum absolute atomic E-state index is 0.00379. The molecule has 1 aliphatic rings. The van der Waals surface area contributed by atoms with E-state index in [9.17, 15) is 18.4 Å². The first-order chi connectivity index (χ1) is 13.0. The number of nitrogens with zero attached hydrogens (tertiary/aromatic N) is 4. The SMILES string of the molecule is CC(C)(C)OC(=O)N1C[C@H](F)[C@@H](N=[N+]=[N-])[C@H]1C(=O)CCc1cccc(Cl)c1F. The van der Waals surface area contributed by atoms with Crippen LogP contribution in [0.3, 0.4) is 0 Å². The molecule has 0 N–H and O–H groups in total. The average Bonchev–Trinajstić information content (AvgIpc) is 2.92. The zero-order valence-corrected chi connectivity index (χ0v) is 16.5. The van der Waals surface area contributed by atoms with Crippen LogP contribution in [0, 0.1) is 5.82 Å². The van der Waals surface area contributed by atoms with Gasteiger partial charge in [-0.3, -0.25) is 9.69 Å². The van der Waals surface area contributed by atoms with Gasteiger partial charge < -0.3 is 4.74 Å². The third-order valence-electron chi connectivity index (χ3n) is 4.22. The monoisotopic (exact) mass is 414 g/mol. The lowest BCUT2D eigenvalue weighted by atomic mass is 9.98. The lowest BCUT2D eigenvalue weighted by molar-refractivity contribution is -0.123. The second-order valence-electron chi connectivity index (χ2n) is 7.47. The highest BCUT2D eigenvalue weighted by molar-refractivity contribution is 6.30. The van der Waals surface area contributed by atoms with Gasteiger partial charge in [0.25, 0.3) is 0 Å². The summed E-state index contributed by atoms with van der Waals surface area (Å²) < 4.78 is 33.6. The number of aryl methyl sites for hydroxylation is 1. The van der Waals surface area contributed by atoms with Gasteiger partial charge in [-0.15, -0.1) is 0 Å². The Labute approximate surface area is 166 Å². The molecule has 0 radical (unpaired) electrons. The van der Waals surface area contributed by atoms with E-state index in [1.165, 1.54) is 12.1 Å². The molecule has 3 atom stereocenters. The van der Waals surface area contributed by atoms with Crippen molar-refractivity contribution in [1.82, 2.24) is 4.90 Å². The predicted molar refractivity (Wildman–Crippen MR) is 99.3 cm³/mol. The number of benzene rings is 1. The molecule has 10 heteroatoms. The molecule has 2 rings (SSSR count). The second kappa shape index (κ2) is 8.75. The van der Waals surface area contributed by atoms with Crippen molar-refractivity contribution in [3.8, 4) is 0 Å². The van der Waals surface area contributed by atoms with Crippen LogP contribution in [-0.4, -0.2) is 47.2 Å². The molecule has 1 amide bonds. The maximum absolute atomic E-state index is 14.4. The first kappa shape index (κ1) is 21.9. The fourth-order valence-electron chi connectivity index (χ4n) is 3.01. The predicted octanol–water partition coefficient (Wildman–Crippen LogP) is 4.62. The van der Waals surface area contributed by atoms with E-state index in [-0.39, 0.29) is 23.4 Å². The Kier molecular flexibility index (Phi) is 6.85. The van der Waals surface area contributed by atoms with Crippen LogP contribution in [0.2, 0.25) is 5.02 Å². The van der Waals surface area contributed by atoms with Crippen LogP contribution in [-0.2, 0) is 16.0 Å². The Morgan fingerprint density at radius 1 is 1.43 bits per heavy atom. The Hall–Kier alpha value is -2.38. The Bertz CT molecular complexity index is 809. The van der Waals surface area contributed by atoms with E-state index in [2.05, 4.69) is 10.0 Å². The Morgan fingerprint density at radius 3 is 2.71 bits per heavy atom. The smallest absolute Gasteiger partial charge is 0.411 e. The van der Waals surface area contributed by atoms with Crippen molar-refractivity contribution >= 4 is 23.5 Å². The largest absolute Gasteiger partial charge is 0.444 e. The quantitative estimate of drug-likeness (QED) is 0.399. The lowest BCUT2D eigenvalue weighted by Gasteiger charge is -2.28. The van der Waals surface area contributed by atoms with Gasteiger partial charge in [0.15, 0.2) is 5.78 Å². The molecule has 7 nitrogen and oxygen atoms in total. The summed E-state index contributed by atoms with van der Waals surface area (Å²) in [5.74, 6) is -1.19. The van der Waals surface area contributed by atoms with Crippen molar-refractivity contribution in [2.24, 2.45) is 5.11 Å². The highest BCUT2D eigenvalue weighted by Gasteiger charge is 2.48. The summed E-state index contributed by atoms with van der Waals surface area (Å²) in [5, 5.41) is 3.29. The van der Waals surface area contributed by atoms with Crippen LogP contribution < -0.4 is 0 Å². The summed E-state index contributed by atoms with van der Waals surface area (Å²) >= 11 is 5.73. The number of rotatable bonds is 5. The molecule has 1 aromatic carbocycles. The van der Waals surface area contributed by atoms with E-state index in [0.29, 0.717) is 0 Å². The van der Waals surface area contributed by atoms with Gasteiger partial charge in [0.2, 0.25) is 0 Å². The Morgan fingerprint density at radius 2 is 2.11 bits per heavy atom. The molecule has 1 saturated heterocycles. The lowest BCUT2D eigenvalue weighted by Crippen LogP contribution is -2.46. The van der Waals surface area contributed by atoms with Gasteiger partial charge in [-0.05, 0) is 44.4 Å². The summed E-state index contributed by atoms with van der Waals surface area (Å²) in [4.78, 5) is 28.7. The molecule has 28 heavy (non-hydrogen) atoms. The summed E-state index contributed by atoms with van der Waals surface area (Å²) in [7, 11) is 0. The van der Waals surface area contributed by atoms with Crippen molar-refractivity contribution in [3.05, 3.63) is 45.0 Å². The highest BCUT2D eigenvalue weighted by atomic mass is 35.5. The topological polar surface area (TPSA) is 95.4 Å². The third kappa shape index (κ3) is 5.11. The van der Waals surface area contributed by atoms with Crippen molar-refractivity contribution in [1.29, 1.82) is 0 Å². The van der Waals surface area contributed by atoms with Crippen molar-refractivity contribution < 1.29 is 23.1 Å². The zero-order valence-electron chi connectivity index (χ0n) is 15.7. The second-order valence-corrected chi connectivity index (χ2v) is 7.88. The number of Topliss-reactive ketones (excluding diaryl/α,β-unsaturated/α-hetero) is 1. The summed E-state index contributed by atoms with van der Waals surface area (Å²) in [6.07, 6.45) is -2.77. The fraction of sp³-hybridized carbons (Fsp3) is 0.556. The summed E-state index contributed by atoms with van der Waals surface area (Å²) in [6.45, 7) is 4.48. The minimum atomic E-state index is -1.71. The van der Waals surface area contributed by atoms with Crippen LogP contribution in [0.25, 0.3) is 10.4 Å². The van der Waals surface area contributed by atoms with Gasteiger partial charge in [0.05, 0.1) is 17.6 Å². The number of hydrogen-bond acceptors (Lipinski definition) is 4. The molecule has 0 unspecified atom stereocenters. The zero-order chi connectivity index (χ0) is 21.1. The standard InChI is InChI=1S/C18H21ClF2N4O3/c1-18(2,3)28-17(27)25-9-12(20)15(23-24-22)16(25)13(26)8-7-10-5-4-6-11(19)14(10)21/h4-6,12,15-16H,7-9H2,1-3H3/t12-,15+,16+/m0/s1. The van der Waals surface area contributed by atoms with Crippen LogP contribution in [0.5, 0.6) is 0 Å².